The Morgan fingerprint density at radius 2 is 2.05 bits per heavy atom. The van der Waals surface area contributed by atoms with Crippen LogP contribution in [0.4, 0.5) is 0 Å². The highest BCUT2D eigenvalue weighted by atomic mass is 16.4. The van der Waals surface area contributed by atoms with Gasteiger partial charge in [-0.05, 0) is 36.9 Å². The van der Waals surface area contributed by atoms with Crippen molar-refractivity contribution in [2.45, 2.75) is 51.6 Å². The van der Waals surface area contributed by atoms with E-state index in [1.165, 1.54) is 11.1 Å². The van der Waals surface area contributed by atoms with Gasteiger partial charge < -0.3 is 10.2 Å². The molecule has 4 nitrogen and oxygen atoms in total. The first-order valence-corrected chi connectivity index (χ1v) is 8.30. The van der Waals surface area contributed by atoms with Crippen LogP contribution >= 0.6 is 0 Å². The van der Waals surface area contributed by atoms with Crippen LogP contribution < -0.4 is 0 Å². The number of unbranched alkanes of at least 4 members (excludes halogenated alkanes) is 1. The Bertz CT molecular complexity index is 489. The van der Waals surface area contributed by atoms with Gasteiger partial charge in [-0.25, -0.2) is 0 Å². The molecule has 1 aromatic carbocycles. The average molecular weight is 305 g/mol. The Balaban J connectivity index is 1.97. The largest absolute Gasteiger partial charge is 0.481 e. The Kier molecular flexibility index (Phi) is 6.40. The highest BCUT2D eigenvalue weighted by Gasteiger charge is 2.26. The number of aliphatic hydroxyl groups excluding tert-OH is 1. The first kappa shape index (κ1) is 17.0. The predicted octanol–water partition coefficient (Wildman–Crippen LogP) is 2.69. The standard InChI is InChI=1S/C18H27NO3/c1-2-3-6-14(18(21)22)9-10-19-12-16-8-5-4-7-15(16)11-17(19)13-20/h4-5,7-8,14,17,20H,2-3,6,9-13H2,1H3,(H,21,22)/t14?,17-/m0/s1. The minimum Gasteiger partial charge on any atom is -0.481 e. The molecule has 0 fully saturated rings. The van der Waals surface area contributed by atoms with Crippen LogP contribution in [-0.2, 0) is 17.8 Å². The zero-order chi connectivity index (χ0) is 15.9. The topological polar surface area (TPSA) is 60.8 Å². The molecule has 1 aromatic rings. The molecule has 0 amide bonds. The molecule has 0 saturated heterocycles. The Morgan fingerprint density at radius 3 is 2.68 bits per heavy atom. The zero-order valence-corrected chi connectivity index (χ0v) is 13.4. The number of aliphatic carboxylic acids is 1. The third kappa shape index (κ3) is 4.31. The highest BCUT2D eigenvalue weighted by Crippen LogP contribution is 2.24. The van der Waals surface area contributed by atoms with Crippen LogP contribution in [0.1, 0.15) is 43.7 Å². The summed E-state index contributed by atoms with van der Waals surface area (Å²) in [7, 11) is 0. The SMILES string of the molecule is CCCCC(CCN1Cc2ccccc2C[C@H]1CO)C(=O)O. The van der Waals surface area contributed by atoms with E-state index in [0.29, 0.717) is 6.42 Å². The summed E-state index contributed by atoms with van der Waals surface area (Å²) in [4.78, 5) is 13.6. The second-order valence-corrected chi connectivity index (χ2v) is 6.25. The van der Waals surface area contributed by atoms with Gasteiger partial charge in [0.05, 0.1) is 12.5 Å². The van der Waals surface area contributed by atoms with Gasteiger partial charge in [-0.2, -0.15) is 0 Å². The molecule has 122 valence electrons. The van der Waals surface area contributed by atoms with Crippen molar-refractivity contribution in [1.29, 1.82) is 0 Å². The van der Waals surface area contributed by atoms with Crippen molar-refractivity contribution in [3.05, 3.63) is 35.4 Å². The Hall–Kier alpha value is -1.39. The number of benzene rings is 1. The minimum absolute atomic E-state index is 0.107. The van der Waals surface area contributed by atoms with Crippen molar-refractivity contribution >= 4 is 5.97 Å². The molecule has 1 aliphatic rings. The molecular weight excluding hydrogens is 278 g/mol. The maximum atomic E-state index is 11.4. The second kappa shape index (κ2) is 8.30. The molecule has 0 saturated carbocycles. The summed E-state index contributed by atoms with van der Waals surface area (Å²) in [6.45, 7) is 3.76. The van der Waals surface area contributed by atoms with Gasteiger partial charge in [0.1, 0.15) is 0 Å². The molecule has 1 aliphatic heterocycles. The third-order valence-electron chi connectivity index (χ3n) is 4.69. The maximum absolute atomic E-state index is 11.4. The van der Waals surface area contributed by atoms with Gasteiger partial charge >= 0.3 is 5.97 Å². The van der Waals surface area contributed by atoms with E-state index < -0.39 is 5.97 Å². The fraction of sp³-hybridized carbons (Fsp3) is 0.611. The number of aliphatic hydroxyl groups is 1. The maximum Gasteiger partial charge on any atom is 0.306 e. The molecular formula is C18H27NO3. The normalized spacial score (nSPS) is 19.6. The van der Waals surface area contributed by atoms with E-state index in [0.717, 1.165) is 38.8 Å². The molecule has 0 radical (unpaired) electrons. The van der Waals surface area contributed by atoms with Crippen molar-refractivity contribution in [1.82, 2.24) is 4.90 Å². The average Bonchev–Trinajstić information content (AvgIpc) is 2.53. The lowest BCUT2D eigenvalue weighted by atomic mass is 9.92. The van der Waals surface area contributed by atoms with E-state index in [1.807, 2.05) is 12.1 Å². The van der Waals surface area contributed by atoms with Gasteiger partial charge in [0, 0.05) is 12.6 Å². The van der Waals surface area contributed by atoms with Crippen LogP contribution in [0.2, 0.25) is 0 Å². The van der Waals surface area contributed by atoms with Crippen molar-refractivity contribution in [2.24, 2.45) is 5.92 Å². The number of carboxylic acid groups (broad SMARTS) is 1. The van der Waals surface area contributed by atoms with Crippen molar-refractivity contribution < 1.29 is 15.0 Å². The molecule has 1 unspecified atom stereocenters. The predicted molar refractivity (Wildman–Crippen MR) is 86.7 cm³/mol. The molecule has 0 aromatic heterocycles. The molecule has 0 bridgehead atoms. The molecule has 2 N–H and O–H groups in total. The Morgan fingerprint density at radius 1 is 1.32 bits per heavy atom. The highest BCUT2D eigenvalue weighted by molar-refractivity contribution is 5.69. The molecule has 1 heterocycles. The van der Waals surface area contributed by atoms with E-state index in [1.54, 1.807) is 0 Å². The van der Waals surface area contributed by atoms with Crippen LogP contribution in [0.25, 0.3) is 0 Å². The summed E-state index contributed by atoms with van der Waals surface area (Å²) in [6.07, 6.45) is 4.25. The van der Waals surface area contributed by atoms with Gasteiger partial charge in [-0.1, -0.05) is 44.0 Å². The zero-order valence-electron chi connectivity index (χ0n) is 13.4. The van der Waals surface area contributed by atoms with Crippen LogP contribution in [0, 0.1) is 5.92 Å². The van der Waals surface area contributed by atoms with Crippen molar-refractivity contribution in [2.75, 3.05) is 13.2 Å². The second-order valence-electron chi connectivity index (χ2n) is 6.25. The summed E-state index contributed by atoms with van der Waals surface area (Å²) in [5, 5.41) is 19.0. The van der Waals surface area contributed by atoms with Gasteiger partial charge in [0.2, 0.25) is 0 Å². The van der Waals surface area contributed by atoms with Gasteiger partial charge in [0.15, 0.2) is 0 Å². The number of carboxylic acids is 1. The number of hydrogen-bond acceptors (Lipinski definition) is 3. The van der Waals surface area contributed by atoms with E-state index in [2.05, 4.69) is 24.0 Å². The number of nitrogens with zero attached hydrogens (tertiary/aromatic N) is 1. The summed E-state index contributed by atoms with van der Waals surface area (Å²) < 4.78 is 0. The quantitative estimate of drug-likeness (QED) is 0.775. The van der Waals surface area contributed by atoms with E-state index in [9.17, 15) is 15.0 Å². The van der Waals surface area contributed by atoms with Gasteiger partial charge in [-0.3, -0.25) is 9.69 Å². The fourth-order valence-electron chi connectivity index (χ4n) is 3.25. The van der Waals surface area contributed by atoms with E-state index >= 15 is 0 Å². The van der Waals surface area contributed by atoms with Crippen LogP contribution in [0.15, 0.2) is 24.3 Å². The molecule has 2 atom stereocenters. The van der Waals surface area contributed by atoms with Crippen LogP contribution in [0.5, 0.6) is 0 Å². The number of hydrogen-bond donors (Lipinski definition) is 2. The molecule has 2 rings (SSSR count). The molecule has 22 heavy (non-hydrogen) atoms. The Labute approximate surface area is 132 Å². The molecule has 4 heteroatoms. The van der Waals surface area contributed by atoms with Crippen molar-refractivity contribution in [3.8, 4) is 0 Å². The third-order valence-corrected chi connectivity index (χ3v) is 4.69. The van der Waals surface area contributed by atoms with E-state index in [-0.39, 0.29) is 18.6 Å². The summed E-state index contributed by atoms with van der Waals surface area (Å²) in [6, 6.07) is 8.43. The first-order valence-electron chi connectivity index (χ1n) is 8.30. The minimum atomic E-state index is -0.689. The first-order chi connectivity index (χ1) is 10.7. The monoisotopic (exact) mass is 305 g/mol. The molecule has 0 spiro atoms. The smallest absolute Gasteiger partial charge is 0.306 e. The number of fused-ring (bicyclic) bond motifs is 1. The number of carbonyl (C=O) groups is 1. The number of rotatable bonds is 8. The van der Waals surface area contributed by atoms with Gasteiger partial charge in [-0.15, -0.1) is 0 Å². The van der Waals surface area contributed by atoms with Crippen molar-refractivity contribution in [3.63, 3.8) is 0 Å². The summed E-state index contributed by atoms with van der Waals surface area (Å²) >= 11 is 0. The lowest BCUT2D eigenvalue weighted by Crippen LogP contribution is -2.43. The molecule has 0 aliphatic carbocycles. The summed E-state index contributed by atoms with van der Waals surface area (Å²) in [5.74, 6) is -0.956. The fourth-order valence-corrected chi connectivity index (χ4v) is 3.25. The van der Waals surface area contributed by atoms with Gasteiger partial charge in [0.25, 0.3) is 0 Å². The summed E-state index contributed by atoms with van der Waals surface area (Å²) in [5.41, 5.74) is 2.60. The van der Waals surface area contributed by atoms with Crippen LogP contribution in [-0.4, -0.2) is 40.3 Å². The van der Waals surface area contributed by atoms with E-state index in [4.69, 9.17) is 0 Å². The lowest BCUT2D eigenvalue weighted by Gasteiger charge is -2.36. The lowest BCUT2D eigenvalue weighted by molar-refractivity contribution is -0.142. The van der Waals surface area contributed by atoms with Crippen LogP contribution in [0.3, 0.4) is 0 Å².